The van der Waals surface area contributed by atoms with Gasteiger partial charge in [0, 0.05) is 24.8 Å². The first-order valence-corrected chi connectivity index (χ1v) is 10.2. The third-order valence-electron chi connectivity index (χ3n) is 5.84. The molecule has 28 heavy (non-hydrogen) atoms. The van der Waals surface area contributed by atoms with E-state index in [0.717, 1.165) is 42.6 Å². The number of carbonyl (C=O) groups excluding carboxylic acids is 1. The van der Waals surface area contributed by atoms with Gasteiger partial charge in [-0.15, -0.1) is 0 Å². The van der Waals surface area contributed by atoms with Crippen molar-refractivity contribution in [2.75, 3.05) is 20.3 Å². The maximum absolute atomic E-state index is 13.1. The van der Waals surface area contributed by atoms with E-state index in [1.54, 1.807) is 7.11 Å². The number of carbonyl (C=O) groups is 1. The van der Waals surface area contributed by atoms with Crippen LogP contribution in [0.1, 0.15) is 38.7 Å². The van der Waals surface area contributed by atoms with Gasteiger partial charge in [0.2, 0.25) is 5.91 Å². The van der Waals surface area contributed by atoms with E-state index >= 15 is 0 Å². The van der Waals surface area contributed by atoms with E-state index in [1.165, 1.54) is 5.56 Å². The third-order valence-corrected chi connectivity index (χ3v) is 5.84. The zero-order valence-corrected chi connectivity index (χ0v) is 17.2. The number of methoxy groups -OCH3 is 1. The number of ether oxygens (including phenoxy) is 2. The normalized spacial score (nSPS) is 17.0. The number of hydrogen-bond acceptors (Lipinski definition) is 3. The van der Waals surface area contributed by atoms with Gasteiger partial charge in [-0.25, -0.2) is 0 Å². The highest BCUT2D eigenvalue weighted by molar-refractivity contribution is 5.83. The topological polar surface area (TPSA) is 47.6 Å². The second kappa shape index (κ2) is 9.24. The summed E-state index contributed by atoms with van der Waals surface area (Å²) in [5.74, 6) is 1.03. The van der Waals surface area contributed by atoms with Crippen LogP contribution in [0.15, 0.2) is 48.5 Å². The van der Waals surface area contributed by atoms with E-state index in [-0.39, 0.29) is 17.4 Å². The molecule has 1 atom stereocenters. The van der Waals surface area contributed by atoms with Crippen molar-refractivity contribution in [1.29, 1.82) is 0 Å². The number of para-hydroxylation sites is 1. The first-order chi connectivity index (χ1) is 13.6. The summed E-state index contributed by atoms with van der Waals surface area (Å²) in [6.07, 6.45) is 3.21. The molecule has 2 aromatic rings. The summed E-state index contributed by atoms with van der Waals surface area (Å²) in [5, 5.41) is 3.20. The van der Waals surface area contributed by atoms with Crippen molar-refractivity contribution in [3.63, 3.8) is 0 Å². The monoisotopic (exact) mass is 381 g/mol. The molecule has 150 valence electrons. The number of nitrogens with one attached hydrogen (secondary N) is 1. The molecule has 0 spiro atoms. The Balaban J connectivity index is 1.80. The van der Waals surface area contributed by atoms with E-state index in [0.29, 0.717) is 13.2 Å². The molecule has 0 aromatic heterocycles. The van der Waals surface area contributed by atoms with Gasteiger partial charge in [0.15, 0.2) is 0 Å². The Hall–Kier alpha value is -2.33. The minimum Gasteiger partial charge on any atom is -0.496 e. The average Bonchev–Trinajstić information content (AvgIpc) is 2.74. The van der Waals surface area contributed by atoms with Gasteiger partial charge in [-0.3, -0.25) is 4.79 Å². The predicted octanol–water partition coefficient (Wildman–Crippen LogP) is 4.62. The summed E-state index contributed by atoms with van der Waals surface area (Å²) in [4.78, 5) is 13.1. The SMILES string of the molecule is CC[C@H](C)NC(=O)C1(Cc2ccc(-c3ccccc3OC)cc2)CCOCC1. The molecule has 4 heteroatoms. The summed E-state index contributed by atoms with van der Waals surface area (Å²) in [6, 6.07) is 16.7. The van der Waals surface area contributed by atoms with E-state index in [9.17, 15) is 4.79 Å². The maximum atomic E-state index is 13.1. The van der Waals surface area contributed by atoms with Gasteiger partial charge < -0.3 is 14.8 Å². The van der Waals surface area contributed by atoms with Gasteiger partial charge in [0.1, 0.15) is 5.75 Å². The fourth-order valence-electron chi connectivity index (χ4n) is 3.80. The molecule has 0 saturated carbocycles. The zero-order valence-electron chi connectivity index (χ0n) is 17.2. The molecule has 1 amide bonds. The van der Waals surface area contributed by atoms with Crippen molar-refractivity contribution >= 4 is 5.91 Å². The Morgan fingerprint density at radius 3 is 2.46 bits per heavy atom. The Morgan fingerprint density at radius 1 is 1.14 bits per heavy atom. The highest BCUT2D eigenvalue weighted by Gasteiger charge is 2.40. The van der Waals surface area contributed by atoms with Crippen LogP contribution in [0.5, 0.6) is 5.75 Å². The van der Waals surface area contributed by atoms with Crippen LogP contribution in [0.2, 0.25) is 0 Å². The lowest BCUT2D eigenvalue weighted by molar-refractivity contribution is -0.137. The van der Waals surface area contributed by atoms with Crippen LogP contribution in [-0.4, -0.2) is 32.3 Å². The summed E-state index contributed by atoms with van der Waals surface area (Å²) in [6.45, 7) is 5.45. The van der Waals surface area contributed by atoms with Crippen molar-refractivity contribution in [1.82, 2.24) is 5.32 Å². The van der Waals surface area contributed by atoms with Crippen LogP contribution in [0.4, 0.5) is 0 Å². The quantitative estimate of drug-likeness (QED) is 0.761. The van der Waals surface area contributed by atoms with Gasteiger partial charge in [0.05, 0.1) is 12.5 Å². The largest absolute Gasteiger partial charge is 0.496 e. The van der Waals surface area contributed by atoms with Gasteiger partial charge >= 0.3 is 0 Å². The molecule has 1 heterocycles. The number of hydrogen-bond donors (Lipinski definition) is 1. The Labute approximate surface area is 168 Å². The van der Waals surface area contributed by atoms with Gasteiger partial charge in [-0.05, 0) is 49.8 Å². The molecule has 1 aliphatic heterocycles. The lowest BCUT2D eigenvalue weighted by atomic mass is 9.74. The second-order valence-corrected chi connectivity index (χ2v) is 7.75. The third kappa shape index (κ3) is 4.56. The second-order valence-electron chi connectivity index (χ2n) is 7.75. The first-order valence-electron chi connectivity index (χ1n) is 10.2. The lowest BCUT2D eigenvalue weighted by Gasteiger charge is -2.36. The summed E-state index contributed by atoms with van der Waals surface area (Å²) < 4.78 is 11.0. The molecule has 1 N–H and O–H groups in total. The number of rotatable bonds is 7. The molecule has 2 aromatic carbocycles. The van der Waals surface area contributed by atoms with Crippen LogP contribution < -0.4 is 10.1 Å². The molecule has 0 aliphatic carbocycles. The van der Waals surface area contributed by atoms with Crippen molar-refractivity contribution in [2.45, 2.75) is 45.6 Å². The smallest absolute Gasteiger partial charge is 0.226 e. The number of benzene rings is 2. The fraction of sp³-hybridized carbons (Fsp3) is 0.458. The molecular weight excluding hydrogens is 350 g/mol. The van der Waals surface area contributed by atoms with Gasteiger partial charge in [-0.2, -0.15) is 0 Å². The van der Waals surface area contributed by atoms with Crippen molar-refractivity contribution in [3.8, 4) is 16.9 Å². The molecule has 0 unspecified atom stereocenters. The molecule has 3 rings (SSSR count). The molecule has 1 saturated heterocycles. The Morgan fingerprint density at radius 2 is 1.82 bits per heavy atom. The summed E-state index contributed by atoms with van der Waals surface area (Å²) in [7, 11) is 1.69. The Bertz CT molecular complexity index is 779. The first kappa shape index (κ1) is 20.4. The van der Waals surface area contributed by atoms with Crippen LogP contribution in [0.25, 0.3) is 11.1 Å². The summed E-state index contributed by atoms with van der Waals surface area (Å²) >= 11 is 0. The van der Waals surface area contributed by atoms with Crippen LogP contribution in [0, 0.1) is 5.41 Å². The van der Waals surface area contributed by atoms with Crippen molar-refractivity contribution in [3.05, 3.63) is 54.1 Å². The predicted molar refractivity (Wildman–Crippen MR) is 113 cm³/mol. The molecular formula is C24H31NO3. The minimum absolute atomic E-state index is 0.166. The van der Waals surface area contributed by atoms with Crippen molar-refractivity contribution < 1.29 is 14.3 Å². The standard InChI is InChI=1S/C24H31NO3/c1-4-18(2)25-23(26)24(13-15-28-16-14-24)17-19-9-11-20(12-10-19)21-7-5-6-8-22(21)27-3/h5-12,18H,4,13-17H2,1-3H3,(H,25,26)/t18-/m0/s1. The highest BCUT2D eigenvalue weighted by atomic mass is 16.5. The molecule has 0 radical (unpaired) electrons. The van der Waals surface area contributed by atoms with E-state index in [4.69, 9.17) is 9.47 Å². The van der Waals surface area contributed by atoms with Crippen molar-refractivity contribution in [2.24, 2.45) is 5.41 Å². The lowest BCUT2D eigenvalue weighted by Crippen LogP contribution is -2.48. The maximum Gasteiger partial charge on any atom is 0.226 e. The van der Waals surface area contributed by atoms with E-state index in [2.05, 4.69) is 49.5 Å². The van der Waals surface area contributed by atoms with Gasteiger partial charge in [0.25, 0.3) is 0 Å². The summed E-state index contributed by atoms with van der Waals surface area (Å²) in [5.41, 5.74) is 2.99. The average molecular weight is 382 g/mol. The zero-order chi connectivity index (χ0) is 20.0. The minimum atomic E-state index is -0.381. The number of amides is 1. The fourth-order valence-corrected chi connectivity index (χ4v) is 3.80. The van der Waals surface area contributed by atoms with Crippen LogP contribution >= 0.6 is 0 Å². The van der Waals surface area contributed by atoms with Gasteiger partial charge in [-0.1, -0.05) is 49.4 Å². The highest BCUT2D eigenvalue weighted by Crippen LogP contribution is 2.36. The molecule has 0 bridgehead atoms. The van der Waals surface area contributed by atoms with E-state index in [1.807, 2.05) is 18.2 Å². The molecule has 1 fully saturated rings. The van der Waals surface area contributed by atoms with E-state index < -0.39 is 0 Å². The Kier molecular flexibility index (Phi) is 6.74. The van der Waals surface area contributed by atoms with Crippen LogP contribution in [-0.2, 0) is 16.0 Å². The molecule has 1 aliphatic rings. The van der Waals surface area contributed by atoms with Crippen LogP contribution in [0.3, 0.4) is 0 Å². The molecule has 4 nitrogen and oxygen atoms in total.